The fourth-order valence-corrected chi connectivity index (χ4v) is 2.51. The highest BCUT2D eigenvalue weighted by molar-refractivity contribution is 7.80. The van der Waals surface area contributed by atoms with Crippen molar-refractivity contribution in [2.75, 3.05) is 5.32 Å². The first kappa shape index (κ1) is 20.6. The molecule has 0 aromatic heterocycles. The molecule has 0 aliphatic rings. The largest absolute Gasteiger partial charge is 0.330 e. The third-order valence-electron chi connectivity index (χ3n) is 3.71. The third-order valence-corrected chi connectivity index (χ3v) is 4.25. The van der Waals surface area contributed by atoms with E-state index in [1.807, 2.05) is 12.1 Å². The first-order valence-electron chi connectivity index (χ1n) is 8.00. The van der Waals surface area contributed by atoms with Crippen LogP contribution in [0.3, 0.4) is 0 Å². The van der Waals surface area contributed by atoms with Crippen molar-refractivity contribution in [1.82, 2.24) is 10.9 Å². The maximum absolute atomic E-state index is 12.2. The summed E-state index contributed by atoms with van der Waals surface area (Å²) in [5.41, 5.74) is 6.71. The van der Waals surface area contributed by atoms with Crippen molar-refractivity contribution >= 4 is 46.2 Å². The first-order chi connectivity index (χ1) is 12.6. The number of carbonyl (C=O) groups is 1. The van der Waals surface area contributed by atoms with Gasteiger partial charge in [-0.2, -0.15) is 0 Å². The van der Waals surface area contributed by atoms with Gasteiger partial charge in [0.1, 0.15) is 0 Å². The van der Waals surface area contributed by atoms with E-state index in [1.165, 1.54) is 18.2 Å². The lowest BCUT2D eigenvalue weighted by atomic mass is 9.87. The molecule has 0 fully saturated rings. The van der Waals surface area contributed by atoms with Crippen molar-refractivity contribution in [2.24, 2.45) is 0 Å². The quantitative estimate of drug-likeness (QED) is 0.402. The van der Waals surface area contributed by atoms with Gasteiger partial charge in [-0.1, -0.05) is 44.5 Å². The minimum Gasteiger partial charge on any atom is -0.330 e. The van der Waals surface area contributed by atoms with E-state index >= 15 is 0 Å². The molecule has 0 unspecified atom stereocenters. The Labute approximate surface area is 167 Å². The number of nitro benzene ring substituents is 1. The minimum atomic E-state index is -0.541. The number of amides is 1. The third kappa shape index (κ3) is 5.63. The molecule has 142 valence electrons. The van der Waals surface area contributed by atoms with Crippen LogP contribution in [-0.4, -0.2) is 15.9 Å². The van der Waals surface area contributed by atoms with Crippen molar-refractivity contribution < 1.29 is 9.72 Å². The Bertz CT molecular complexity index is 879. The maximum Gasteiger partial charge on any atom is 0.271 e. The van der Waals surface area contributed by atoms with Gasteiger partial charge in [-0.15, -0.1) is 0 Å². The summed E-state index contributed by atoms with van der Waals surface area (Å²) in [6.45, 7) is 6.27. The lowest BCUT2D eigenvalue weighted by Crippen LogP contribution is -2.43. The molecule has 0 bridgehead atoms. The van der Waals surface area contributed by atoms with Crippen molar-refractivity contribution in [3.05, 3.63) is 68.7 Å². The number of hydrogen-bond acceptors (Lipinski definition) is 4. The van der Waals surface area contributed by atoms with Crippen LogP contribution in [0.4, 0.5) is 11.4 Å². The lowest BCUT2D eigenvalue weighted by Gasteiger charge is -2.19. The molecule has 0 aliphatic carbocycles. The zero-order valence-corrected chi connectivity index (χ0v) is 16.6. The van der Waals surface area contributed by atoms with Crippen molar-refractivity contribution in [3.63, 3.8) is 0 Å². The van der Waals surface area contributed by atoms with Crippen molar-refractivity contribution in [3.8, 4) is 0 Å². The molecule has 0 spiro atoms. The van der Waals surface area contributed by atoms with Gasteiger partial charge < -0.3 is 5.32 Å². The van der Waals surface area contributed by atoms with Gasteiger partial charge in [0.2, 0.25) is 0 Å². The average molecular weight is 407 g/mol. The number of rotatable bonds is 3. The zero-order valence-electron chi connectivity index (χ0n) is 15.0. The number of nitro groups is 1. The summed E-state index contributed by atoms with van der Waals surface area (Å²) in [7, 11) is 0. The van der Waals surface area contributed by atoms with Gasteiger partial charge in [0.25, 0.3) is 11.6 Å². The van der Waals surface area contributed by atoms with Crippen LogP contribution in [0.1, 0.15) is 36.7 Å². The summed E-state index contributed by atoms with van der Waals surface area (Å²) in [5.74, 6) is -0.371. The van der Waals surface area contributed by atoms with Crippen LogP contribution in [0.2, 0.25) is 5.02 Å². The van der Waals surface area contributed by atoms with E-state index in [1.54, 1.807) is 12.1 Å². The van der Waals surface area contributed by atoms with Crippen molar-refractivity contribution in [1.29, 1.82) is 0 Å². The summed E-state index contributed by atoms with van der Waals surface area (Å²) in [5, 5.41) is 13.8. The van der Waals surface area contributed by atoms with Gasteiger partial charge in [-0.3, -0.25) is 25.8 Å². The number of hydrazine groups is 1. The summed E-state index contributed by atoms with van der Waals surface area (Å²) in [4.78, 5) is 22.5. The molecule has 0 saturated carbocycles. The van der Waals surface area contributed by atoms with E-state index in [9.17, 15) is 14.9 Å². The SMILES string of the molecule is CC(C)(C)c1ccc(C(=O)NNC(=S)Nc2cc([N+](=O)[O-])ccc2Cl)cc1. The van der Waals surface area contributed by atoms with Crippen LogP contribution in [0.15, 0.2) is 42.5 Å². The van der Waals surface area contributed by atoms with E-state index in [0.717, 1.165) is 5.56 Å². The molecule has 2 aromatic rings. The normalized spacial score (nSPS) is 10.8. The van der Waals surface area contributed by atoms with Gasteiger partial charge in [0.05, 0.1) is 15.6 Å². The second kappa shape index (κ2) is 8.32. The Morgan fingerprint density at radius 1 is 1.11 bits per heavy atom. The number of benzene rings is 2. The molecule has 3 N–H and O–H groups in total. The van der Waals surface area contributed by atoms with E-state index in [0.29, 0.717) is 5.56 Å². The van der Waals surface area contributed by atoms with Crippen LogP contribution in [0.25, 0.3) is 0 Å². The van der Waals surface area contributed by atoms with Gasteiger partial charge in [0, 0.05) is 17.7 Å². The maximum atomic E-state index is 12.2. The van der Waals surface area contributed by atoms with Crippen LogP contribution in [-0.2, 0) is 5.41 Å². The highest BCUT2D eigenvalue weighted by atomic mass is 35.5. The Balaban J connectivity index is 1.96. The van der Waals surface area contributed by atoms with Crippen molar-refractivity contribution in [2.45, 2.75) is 26.2 Å². The molecule has 1 amide bonds. The summed E-state index contributed by atoms with van der Waals surface area (Å²) >= 11 is 11.1. The molecule has 0 atom stereocenters. The summed E-state index contributed by atoms with van der Waals surface area (Å²) in [6, 6.07) is 11.2. The molecule has 9 heteroatoms. The lowest BCUT2D eigenvalue weighted by molar-refractivity contribution is -0.384. The van der Waals surface area contributed by atoms with Crippen LogP contribution in [0, 0.1) is 10.1 Å². The van der Waals surface area contributed by atoms with E-state index in [2.05, 4.69) is 36.9 Å². The molecule has 0 radical (unpaired) electrons. The van der Waals surface area contributed by atoms with E-state index in [-0.39, 0.29) is 32.8 Å². The number of thiocarbonyl (C=S) groups is 1. The number of non-ortho nitro benzene ring substituents is 1. The Kier molecular flexibility index (Phi) is 6.35. The second-order valence-electron chi connectivity index (χ2n) is 6.78. The fourth-order valence-electron chi connectivity index (χ4n) is 2.18. The molecule has 0 aliphatic heterocycles. The summed E-state index contributed by atoms with van der Waals surface area (Å²) in [6.07, 6.45) is 0. The van der Waals surface area contributed by atoms with Gasteiger partial charge in [0.15, 0.2) is 5.11 Å². The molecule has 2 aromatic carbocycles. The highest BCUT2D eigenvalue weighted by Gasteiger charge is 2.15. The monoisotopic (exact) mass is 406 g/mol. The Morgan fingerprint density at radius 2 is 1.74 bits per heavy atom. The predicted octanol–water partition coefficient (Wildman–Crippen LogP) is 4.18. The number of nitrogens with zero attached hydrogens (tertiary/aromatic N) is 1. The molecule has 0 saturated heterocycles. The van der Waals surface area contributed by atoms with Gasteiger partial charge in [-0.25, -0.2) is 0 Å². The first-order valence-corrected chi connectivity index (χ1v) is 8.78. The van der Waals surface area contributed by atoms with Crippen LogP contribution >= 0.6 is 23.8 Å². The number of anilines is 1. The molecule has 2 rings (SSSR count). The predicted molar refractivity (Wildman–Crippen MR) is 110 cm³/mol. The number of nitrogens with one attached hydrogen (secondary N) is 3. The standard InChI is InChI=1S/C18H19ClN4O3S/c1-18(2,3)12-6-4-11(5-7-12)16(24)21-22-17(27)20-15-10-13(23(25)26)8-9-14(15)19/h4-10H,1-3H3,(H,21,24)(H2,20,22,27). The van der Waals surface area contributed by atoms with E-state index < -0.39 is 4.92 Å². The van der Waals surface area contributed by atoms with Crippen LogP contribution in [0.5, 0.6) is 0 Å². The second-order valence-corrected chi connectivity index (χ2v) is 7.60. The molecular formula is C18H19ClN4O3S. The number of carbonyl (C=O) groups excluding carboxylic acids is 1. The number of hydrogen-bond donors (Lipinski definition) is 3. The molecule has 7 nitrogen and oxygen atoms in total. The average Bonchev–Trinajstić information content (AvgIpc) is 2.60. The van der Waals surface area contributed by atoms with Crippen LogP contribution < -0.4 is 16.2 Å². The highest BCUT2D eigenvalue weighted by Crippen LogP contribution is 2.26. The smallest absolute Gasteiger partial charge is 0.271 e. The van der Waals surface area contributed by atoms with Gasteiger partial charge in [-0.05, 0) is 41.4 Å². The summed E-state index contributed by atoms with van der Waals surface area (Å²) < 4.78 is 0. The molecule has 0 heterocycles. The number of halogens is 1. The molecule has 27 heavy (non-hydrogen) atoms. The minimum absolute atomic E-state index is 0.00367. The Hall–Kier alpha value is -2.71. The van der Waals surface area contributed by atoms with E-state index in [4.69, 9.17) is 23.8 Å². The fraction of sp³-hybridized carbons (Fsp3) is 0.222. The zero-order chi connectivity index (χ0) is 20.2. The van der Waals surface area contributed by atoms with Gasteiger partial charge >= 0.3 is 0 Å². The Morgan fingerprint density at radius 3 is 2.30 bits per heavy atom. The topological polar surface area (TPSA) is 96.3 Å². The molecular weight excluding hydrogens is 388 g/mol.